The Bertz CT molecular complexity index is 1020. The molecule has 2 aromatic heterocycles. The minimum Gasteiger partial charge on any atom is -0.339 e. The van der Waals surface area contributed by atoms with Gasteiger partial charge in [-0.2, -0.15) is 0 Å². The van der Waals surface area contributed by atoms with Gasteiger partial charge in [0.1, 0.15) is 0 Å². The van der Waals surface area contributed by atoms with Crippen LogP contribution < -0.4 is 5.84 Å². The highest BCUT2D eigenvalue weighted by molar-refractivity contribution is 7.12. The summed E-state index contributed by atoms with van der Waals surface area (Å²) in [6.45, 7) is 6.60. The molecule has 1 unspecified atom stereocenters. The zero-order valence-corrected chi connectivity index (χ0v) is 17.3. The standard InChI is InChI=1S/C23H27N3OS/c1-3-5-16(2)25-11-9-17(10-12-25)20-15-26(24)21-8-7-18(14-19(20)21)23(27)22-6-4-13-28-22/h4,6-9,13-16H,3,5,10-12,24H2,1-2H3. The first-order chi connectivity index (χ1) is 13.6. The number of aromatic nitrogens is 1. The van der Waals surface area contributed by atoms with E-state index < -0.39 is 0 Å². The van der Waals surface area contributed by atoms with Crippen LogP contribution in [-0.2, 0) is 0 Å². The monoisotopic (exact) mass is 393 g/mol. The van der Waals surface area contributed by atoms with E-state index in [1.54, 1.807) is 4.68 Å². The number of hydrogen-bond acceptors (Lipinski definition) is 4. The van der Waals surface area contributed by atoms with E-state index in [0.717, 1.165) is 46.4 Å². The van der Waals surface area contributed by atoms with Crippen molar-refractivity contribution >= 4 is 33.6 Å². The van der Waals surface area contributed by atoms with Gasteiger partial charge in [0, 0.05) is 41.8 Å². The summed E-state index contributed by atoms with van der Waals surface area (Å²) in [5, 5.41) is 3.00. The van der Waals surface area contributed by atoms with Crippen LogP contribution in [0.3, 0.4) is 0 Å². The molecule has 0 bridgehead atoms. The van der Waals surface area contributed by atoms with Crippen LogP contribution in [0.5, 0.6) is 0 Å². The van der Waals surface area contributed by atoms with E-state index in [9.17, 15) is 4.79 Å². The number of fused-ring (bicyclic) bond motifs is 1. The third-order valence-corrected chi connectivity index (χ3v) is 6.63. The Morgan fingerprint density at radius 2 is 2.18 bits per heavy atom. The second kappa shape index (κ2) is 7.94. The molecule has 1 aromatic carbocycles. The van der Waals surface area contributed by atoms with Crippen molar-refractivity contribution in [3.05, 3.63) is 64.0 Å². The van der Waals surface area contributed by atoms with Gasteiger partial charge in [0.05, 0.1) is 10.4 Å². The zero-order chi connectivity index (χ0) is 19.7. The maximum absolute atomic E-state index is 12.8. The Morgan fingerprint density at radius 3 is 2.86 bits per heavy atom. The van der Waals surface area contributed by atoms with Crippen molar-refractivity contribution in [3.63, 3.8) is 0 Å². The molecule has 2 N–H and O–H groups in total. The van der Waals surface area contributed by atoms with Gasteiger partial charge in [0.2, 0.25) is 5.78 Å². The fourth-order valence-corrected chi connectivity index (χ4v) is 4.82. The van der Waals surface area contributed by atoms with Crippen LogP contribution in [0.1, 0.15) is 53.9 Å². The van der Waals surface area contributed by atoms with Gasteiger partial charge in [0.15, 0.2) is 0 Å². The summed E-state index contributed by atoms with van der Waals surface area (Å²) in [7, 11) is 0. The number of nitrogens with two attached hydrogens (primary N) is 1. The predicted molar refractivity (Wildman–Crippen MR) is 118 cm³/mol. The van der Waals surface area contributed by atoms with Gasteiger partial charge in [-0.05, 0) is 55.0 Å². The number of thiophene rings is 1. The largest absolute Gasteiger partial charge is 0.339 e. The molecule has 1 atom stereocenters. The van der Waals surface area contributed by atoms with E-state index in [2.05, 4.69) is 24.8 Å². The maximum atomic E-state index is 12.8. The van der Waals surface area contributed by atoms with E-state index in [1.165, 1.54) is 29.8 Å². The Hall–Kier alpha value is -2.37. The highest BCUT2D eigenvalue weighted by Crippen LogP contribution is 2.32. The summed E-state index contributed by atoms with van der Waals surface area (Å²) in [6, 6.07) is 10.2. The molecule has 0 aliphatic carbocycles. The average Bonchev–Trinajstić information content (AvgIpc) is 3.36. The third-order valence-electron chi connectivity index (χ3n) is 5.76. The van der Waals surface area contributed by atoms with Gasteiger partial charge in [0.25, 0.3) is 0 Å². The molecule has 0 fully saturated rings. The Kier molecular flexibility index (Phi) is 5.38. The van der Waals surface area contributed by atoms with Crippen molar-refractivity contribution in [2.24, 2.45) is 0 Å². The van der Waals surface area contributed by atoms with Gasteiger partial charge in [-0.1, -0.05) is 25.5 Å². The minimum absolute atomic E-state index is 0.0739. The lowest BCUT2D eigenvalue weighted by Crippen LogP contribution is -2.36. The van der Waals surface area contributed by atoms with Crippen LogP contribution in [0, 0.1) is 0 Å². The normalized spacial score (nSPS) is 16.3. The lowest BCUT2D eigenvalue weighted by Gasteiger charge is -2.31. The molecule has 28 heavy (non-hydrogen) atoms. The predicted octanol–water partition coefficient (Wildman–Crippen LogP) is 4.93. The fourth-order valence-electron chi connectivity index (χ4n) is 4.13. The average molecular weight is 394 g/mol. The van der Waals surface area contributed by atoms with Crippen LogP contribution in [-0.4, -0.2) is 34.5 Å². The van der Waals surface area contributed by atoms with E-state index in [-0.39, 0.29) is 5.78 Å². The molecular weight excluding hydrogens is 366 g/mol. The minimum atomic E-state index is 0.0739. The molecule has 0 radical (unpaired) electrons. The fraction of sp³-hybridized carbons (Fsp3) is 0.348. The summed E-state index contributed by atoms with van der Waals surface area (Å²) in [4.78, 5) is 16.1. The number of carbonyl (C=O) groups excluding carboxylic acids is 1. The second-order valence-corrected chi connectivity index (χ2v) is 8.55. The molecule has 0 saturated carbocycles. The smallest absolute Gasteiger partial charge is 0.202 e. The number of rotatable bonds is 6. The summed E-state index contributed by atoms with van der Waals surface area (Å²) in [5.74, 6) is 6.29. The van der Waals surface area contributed by atoms with E-state index in [0.29, 0.717) is 6.04 Å². The van der Waals surface area contributed by atoms with Gasteiger partial charge >= 0.3 is 0 Å². The molecule has 5 heteroatoms. The zero-order valence-electron chi connectivity index (χ0n) is 16.5. The molecular formula is C23H27N3OS. The highest BCUT2D eigenvalue weighted by Gasteiger charge is 2.20. The van der Waals surface area contributed by atoms with E-state index in [4.69, 9.17) is 5.84 Å². The lowest BCUT2D eigenvalue weighted by atomic mass is 9.96. The van der Waals surface area contributed by atoms with E-state index >= 15 is 0 Å². The van der Waals surface area contributed by atoms with Crippen molar-refractivity contribution in [2.45, 2.75) is 39.2 Å². The molecule has 0 saturated heterocycles. The Balaban J connectivity index is 1.66. The van der Waals surface area contributed by atoms with Crippen LogP contribution in [0.4, 0.5) is 0 Å². The highest BCUT2D eigenvalue weighted by atomic mass is 32.1. The van der Waals surface area contributed by atoms with Crippen molar-refractivity contribution in [2.75, 3.05) is 18.9 Å². The van der Waals surface area contributed by atoms with Crippen LogP contribution in [0.25, 0.3) is 16.5 Å². The second-order valence-electron chi connectivity index (χ2n) is 7.60. The molecule has 1 aliphatic rings. The summed E-state index contributed by atoms with van der Waals surface area (Å²) in [5.41, 5.74) is 4.16. The number of benzene rings is 1. The number of ketones is 1. The van der Waals surface area contributed by atoms with Crippen LogP contribution in [0.2, 0.25) is 0 Å². The topological polar surface area (TPSA) is 51.3 Å². The lowest BCUT2D eigenvalue weighted by molar-refractivity contribution is 0.104. The Morgan fingerprint density at radius 1 is 1.32 bits per heavy atom. The summed E-state index contributed by atoms with van der Waals surface area (Å²) >= 11 is 1.48. The van der Waals surface area contributed by atoms with Crippen molar-refractivity contribution in [1.82, 2.24) is 9.58 Å². The van der Waals surface area contributed by atoms with Crippen LogP contribution in [0.15, 0.2) is 48.0 Å². The number of carbonyl (C=O) groups is 1. The van der Waals surface area contributed by atoms with Crippen molar-refractivity contribution in [3.8, 4) is 0 Å². The molecule has 3 aromatic rings. The first-order valence-electron chi connectivity index (χ1n) is 10.00. The van der Waals surface area contributed by atoms with Crippen molar-refractivity contribution in [1.29, 1.82) is 0 Å². The van der Waals surface area contributed by atoms with Crippen LogP contribution >= 0.6 is 11.3 Å². The number of hydrogen-bond donors (Lipinski definition) is 1. The summed E-state index contributed by atoms with van der Waals surface area (Å²) < 4.78 is 1.68. The molecule has 0 spiro atoms. The summed E-state index contributed by atoms with van der Waals surface area (Å²) in [6.07, 6.45) is 7.80. The molecule has 0 amide bonds. The Labute approximate surface area is 170 Å². The molecule has 3 heterocycles. The van der Waals surface area contributed by atoms with E-state index in [1.807, 2.05) is 41.9 Å². The molecule has 4 rings (SSSR count). The van der Waals surface area contributed by atoms with Gasteiger partial charge in [-0.15, -0.1) is 11.3 Å². The number of nitrogen functional groups attached to an aromatic ring is 1. The quantitative estimate of drug-likeness (QED) is 0.477. The van der Waals surface area contributed by atoms with Gasteiger partial charge in [-0.25, -0.2) is 0 Å². The molecule has 146 valence electrons. The number of nitrogens with zero attached hydrogens (tertiary/aromatic N) is 2. The molecule has 1 aliphatic heterocycles. The first-order valence-corrected chi connectivity index (χ1v) is 10.9. The van der Waals surface area contributed by atoms with Gasteiger partial charge < -0.3 is 5.84 Å². The molecule has 4 nitrogen and oxygen atoms in total. The van der Waals surface area contributed by atoms with Gasteiger partial charge in [-0.3, -0.25) is 14.4 Å². The van der Waals surface area contributed by atoms with Crippen molar-refractivity contribution < 1.29 is 4.79 Å². The first kappa shape index (κ1) is 19.0. The SMILES string of the molecule is CCCC(C)N1CC=C(c2cn(N)c3ccc(C(=O)c4cccs4)cc23)CC1. The maximum Gasteiger partial charge on any atom is 0.202 e. The third kappa shape index (κ3) is 3.52.